The normalized spacial score (nSPS) is 41.7. The van der Waals surface area contributed by atoms with E-state index in [0.29, 0.717) is 17.3 Å². The molecule has 2 saturated carbocycles. The van der Waals surface area contributed by atoms with Gasteiger partial charge < -0.3 is 5.32 Å². The zero-order valence-electron chi connectivity index (χ0n) is 18.6. The van der Waals surface area contributed by atoms with Gasteiger partial charge in [0.15, 0.2) is 0 Å². The van der Waals surface area contributed by atoms with E-state index in [-0.39, 0.29) is 0 Å². The zero-order valence-corrected chi connectivity index (χ0v) is 19.5. The molecule has 0 saturated heterocycles. The minimum Gasteiger partial charge on any atom is -0.307 e. The molecule has 1 nitrogen and oxygen atoms in total. The van der Waals surface area contributed by atoms with Gasteiger partial charge in [-0.1, -0.05) is 67.7 Å². The lowest BCUT2D eigenvalue weighted by Gasteiger charge is -2.40. The fourth-order valence-corrected chi connectivity index (χ4v) is 7.63. The summed E-state index contributed by atoms with van der Waals surface area (Å²) in [6.07, 6.45) is 32.5. The molecule has 5 aliphatic rings. The van der Waals surface area contributed by atoms with E-state index in [2.05, 4.69) is 41.8 Å². The molecular formula is C28H41NS. The number of thiol groups is 1. The molecule has 164 valence electrons. The Morgan fingerprint density at radius 1 is 0.867 bits per heavy atom. The van der Waals surface area contributed by atoms with E-state index in [9.17, 15) is 0 Å². The molecule has 0 bridgehead atoms. The summed E-state index contributed by atoms with van der Waals surface area (Å²) in [5, 5.41) is 4.64. The summed E-state index contributed by atoms with van der Waals surface area (Å²) in [5.41, 5.74) is 3.35. The predicted octanol–water partition coefficient (Wildman–Crippen LogP) is 7.18. The molecule has 0 aliphatic heterocycles. The third-order valence-corrected chi connectivity index (χ3v) is 9.42. The fraction of sp³-hybridized carbons (Fsp3) is 0.714. The average molecular weight is 424 g/mol. The van der Waals surface area contributed by atoms with E-state index in [4.69, 9.17) is 12.6 Å². The summed E-state index contributed by atoms with van der Waals surface area (Å²) in [6, 6.07) is 1.22. The molecule has 30 heavy (non-hydrogen) atoms. The maximum Gasteiger partial charge on any atom is 0.0290 e. The molecule has 0 aromatic carbocycles. The first kappa shape index (κ1) is 21.1. The molecular weight excluding hydrogens is 382 g/mol. The van der Waals surface area contributed by atoms with Gasteiger partial charge >= 0.3 is 0 Å². The second-order valence-electron chi connectivity index (χ2n) is 10.7. The largest absolute Gasteiger partial charge is 0.307 e. The molecule has 1 N–H and O–H groups in total. The van der Waals surface area contributed by atoms with Crippen LogP contribution >= 0.6 is 12.6 Å². The van der Waals surface area contributed by atoms with Crippen molar-refractivity contribution < 1.29 is 0 Å². The Kier molecular flexibility index (Phi) is 6.92. The Balaban J connectivity index is 1.16. The molecule has 7 atom stereocenters. The van der Waals surface area contributed by atoms with Crippen LogP contribution in [0.5, 0.6) is 0 Å². The first-order valence-corrected chi connectivity index (χ1v) is 13.5. The lowest BCUT2D eigenvalue weighted by Crippen LogP contribution is -2.46. The van der Waals surface area contributed by atoms with Gasteiger partial charge in [-0.15, -0.1) is 0 Å². The highest BCUT2D eigenvalue weighted by atomic mass is 32.1. The fourth-order valence-electron chi connectivity index (χ4n) is 7.10. The van der Waals surface area contributed by atoms with Crippen molar-refractivity contribution in [3.8, 4) is 0 Å². The van der Waals surface area contributed by atoms with Crippen LogP contribution in [0.25, 0.3) is 0 Å². The first-order valence-electron chi connectivity index (χ1n) is 13.0. The third kappa shape index (κ3) is 4.70. The third-order valence-electron chi connectivity index (χ3n) is 8.80. The highest BCUT2D eigenvalue weighted by Crippen LogP contribution is 2.42. The second-order valence-corrected chi connectivity index (χ2v) is 11.3. The molecule has 5 unspecified atom stereocenters. The molecule has 0 heterocycles. The van der Waals surface area contributed by atoms with Gasteiger partial charge in [0.1, 0.15) is 0 Å². The minimum atomic E-state index is 0.534. The van der Waals surface area contributed by atoms with Crippen LogP contribution in [0.15, 0.2) is 47.6 Å². The Morgan fingerprint density at radius 3 is 2.60 bits per heavy atom. The summed E-state index contributed by atoms with van der Waals surface area (Å²) in [7, 11) is 0. The molecule has 5 aliphatic carbocycles. The van der Waals surface area contributed by atoms with Gasteiger partial charge in [0.2, 0.25) is 0 Å². The van der Waals surface area contributed by atoms with E-state index in [1.54, 1.807) is 11.1 Å². The van der Waals surface area contributed by atoms with Crippen LogP contribution in [0.2, 0.25) is 0 Å². The molecule has 0 amide bonds. The maximum atomic E-state index is 4.95. The molecule has 2 fully saturated rings. The van der Waals surface area contributed by atoms with E-state index < -0.39 is 0 Å². The number of rotatable bonds is 4. The van der Waals surface area contributed by atoms with Gasteiger partial charge in [-0.3, -0.25) is 0 Å². The number of hydrogen-bond acceptors (Lipinski definition) is 2. The van der Waals surface area contributed by atoms with Crippen molar-refractivity contribution in [3.05, 3.63) is 47.6 Å². The zero-order chi connectivity index (χ0) is 20.3. The van der Waals surface area contributed by atoms with Crippen molar-refractivity contribution in [1.29, 1.82) is 0 Å². The van der Waals surface area contributed by atoms with Crippen LogP contribution in [0, 0.1) is 23.7 Å². The van der Waals surface area contributed by atoms with Gasteiger partial charge in [-0.25, -0.2) is 0 Å². The van der Waals surface area contributed by atoms with Gasteiger partial charge in [0.25, 0.3) is 0 Å². The minimum absolute atomic E-state index is 0.534. The van der Waals surface area contributed by atoms with Gasteiger partial charge in [-0.2, -0.15) is 12.6 Å². The second kappa shape index (κ2) is 9.82. The SMILES string of the molecule is SC1CCCC[C@@H]1C1=CCCC(C2=CC[C@@H](NC3CC=CC4CCCCC43)C=C2)C1. The van der Waals surface area contributed by atoms with Crippen molar-refractivity contribution in [2.45, 2.75) is 101 Å². The molecule has 0 spiro atoms. The average Bonchev–Trinajstić information content (AvgIpc) is 2.80. The smallest absolute Gasteiger partial charge is 0.0290 e. The van der Waals surface area contributed by atoms with E-state index in [1.165, 1.54) is 83.5 Å². The number of fused-ring (bicyclic) bond motifs is 1. The van der Waals surface area contributed by atoms with Crippen molar-refractivity contribution >= 4 is 12.6 Å². The number of allylic oxidation sites excluding steroid dienone is 5. The Hall–Kier alpha value is -0.730. The summed E-state index contributed by atoms with van der Waals surface area (Å²) < 4.78 is 0. The molecule has 0 aromatic rings. The monoisotopic (exact) mass is 423 g/mol. The number of nitrogens with one attached hydrogen (secondary N) is 1. The summed E-state index contributed by atoms with van der Waals surface area (Å²) in [6.45, 7) is 0. The van der Waals surface area contributed by atoms with Crippen molar-refractivity contribution in [1.82, 2.24) is 5.32 Å². The quantitative estimate of drug-likeness (QED) is 0.360. The van der Waals surface area contributed by atoms with Gasteiger partial charge in [0.05, 0.1) is 0 Å². The van der Waals surface area contributed by atoms with E-state index >= 15 is 0 Å². The summed E-state index contributed by atoms with van der Waals surface area (Å²) in [5.74, 6) is 3.20. The van der Waals surface area contributed by atoms with Crippen LogP contribution in [0.3, 0.4) is 0 Å². The van der Waals surface area contributed by atoms with Crippen LogP contribution in [-0.4, -0.2) is 17.3 Å². The molecule has 0 aromatic heterocycles. The molecule has 5 rings (SSSR count). The summed E-state index contributed by atoms with van der Waals surface area (Å²) >= 11 is 4.95. The number of hydrogen-bond donors (Lipinski definition) is 2. The standard InChI is InChI=1S/C28H41NS/c30-28-14-4-3-12-26(28)23-10-5-9-22(19-23)20-15-17-24(18-16-20)29-27-13-6-8-21-7-1-2-11-25(21)27/h6,8,10,15-17,21-22,24-30H,1-5,7,9,11-14,18-19H2/t21?,22?,24-,25?,26+,27?,28?/m0/s1. The lowest BCUT2D eigenvalue weighted by molar-refractivity contribution is 0.198. The van der Waals surface area contributed by atoms with Gasteiger partial charge in [0, 0.05) is 17.3 Å². The maximum absolute atomic E-state index is 4.95. The van der Waals surface area contributed by atoms with Crippen molar-refractivity contribution in [3.63, 3.8) is 0 Å². The van der Waals surface area contributed by atoms with E-state index in [0.717, 1.165) is 23.7 Å². The van der Waals surface area contributed by atoms with Crippen molar-refractivity contribution in [2.75, 3.05) is 0 Å². The Bertz CT molecular complexity index is 716. The summed E-state index contributed by atoms with van der Waals surface area (Å²) in [4.78, 5) is 0. The Labute approximate surface area is 190 Å². The van der Waals surface area contributed by atoms with Crippen LogP contribution < -0.4 is 5.32 Å². The van der Waals surface area contributed by atoms with Crippen LogP contribution in [-0.2, 0) is 0 Å². The van der Waals surface area contributed by atoms with Gasteiger partial charge in [-0.05, 0) is 87.0 Å². The van der Waals surface area contributed by atoms with Crippen LogP contribution in [0.1, 0.15) is 83.5 Å². The molecule has 0 radical (unpaired) electrons. The highest BCUT2D eigenvalue weighted by Gasteiger charge is 2.33. The first-order chi connectivity index (χ1) is 14.8. The van der Waals surface area contributed by atoms with Crippen LogP contribution in [0.4, 0.5) is 0 Å². The van der Waals surface area contributed by atoms with Crippen molar-refractivity contribution in [2.24, 2.45) is 23.7 Å². The molecule has 2 heteroatoms. The topological polar surface area (TPSA) is 12.0 Å². The lowest BCUT2D eigenvalue weighted by atomic mass is 9.71. The predicted molar refractivity (Wildman–Crippen MR) is 132 cm³/mol. The van der Waals surface area contributed by atoms with E-state index in [1.807, 2.05) is 0 Å². The Morgan fingerprint density at radius 2 is 1.73 bits per heavy atom. The highest BCUT2D eigenvalue weighted by molar-refractivity contribution is 7.81.